The van der Waals surface area contributed by atoms with Gasteiger partial charge in [-0.2, -0.15) is 0 Å². The van der Waals surface area contributed by atoms with Crippen molar-refractivity contribution in [2.75, 3.05) is 25.6 Å². The Labute approximate surface area is 160 Å². The average Bonchev–Trinajstić information content (AvgIpc) is 2.64. The lowest BCUT2D eigenvalue weighted by Crippen LogP contribution is -2.28. The van der Waals surface area contributed by atoms with Crippen molar-refractivity contribution in [3.8, 4) is 11.5 Å². The molecule has 2 aromatic rings. The van der Waals surface area contributed by atoms with E-state index in [4.69, 9.17) is 14.6 Å². The van der Waals surface area contributed by atoms with E-state index in [-0.39, 0.29) is 24.7 Å². The Balaban J connectivity index is 1.91. The summed E-state index contributed by atoms with van der Waals surface area (Å²) in [7, 11) is 1.55. The Hall–Kier alpha value is -2.73. The Morgan fingerprint density at radius 2 is 1.78 bits per heavy atom. The second-order valence-electron chi connectivity index (χ2n) is 7.19. The number of ether oxygens (including phenoxy) is 2. The normalized spacial score (nSPS) is 11.0. The molecule has 6 heteroatoms. The Morgan fingerprint density at radius 1 is 1.07 bits per heavy atom. The first-order valence-electron chi connectivity index (χ1n) is 8.89. The molecule has 146 valence electrons. The minimum atomic E-state index is -0.280. The molecular formula is C21H28N2O4. The number of hydrogen-bond donors (Lipinski definition) is 3. The molecule has 2 rings (SSSR count). The maximum atomic E-state index is 12.1. The van der Waals surface area contributed by atoms with Crippen LogP contribution in [-0.4, -0.2) is 31.5 Å². The minimum absolute atomic E-state index is 0.0661. The predicted molar refractivity (Wildman–Crippen MR) is 107 cm³/mol. The SMILES string of the molecule is COc1cc(CNC(=O)Nc2ccc(C(C)(C)C)cc2)ccc1OCCO. The number of carbonyl (C=O) groups is 1. The van der Waals surface area contributed by atoms with Crippen LogP contribution in [-0.2, 0) is 12.0 Å². The fraction of sp³-hybridized carbons (Fsp3) is 0.381. The van der Waals surface area contributed by atoms with Crippen LogP contribution in [0.25, 0.3) is 0 Å². The van der Waals surface area contributed by atoms with Gasteiger partial charge in [0.2, 0.25) is 0 Å². The molecule has 0 aromatic heterocycles. The smallest absolute Gasteiger partial charge is 0.319 e. The van der Waals surface area contributed by atoms with E-state index in [1.54, 1.807) is 19.2 Å². The number of anilines is 1. The molecule has 0 fully saturated rings. The molecule has 3 N–H and O–H groups in total. The van der Waals surface area contributed by atoms with Crippen LogP contribution in [0, 0.1) is 0 Å². The van der Waals surface area contributed by atoms with Gasteiger partial charge >= 0.3 is 6.03 Å². The van der Waals surface area contributed by atoms with Gasteiger partial charge in [-0.3, -0.25) is 0 Å². The highest BCUT2D eigenvalue weighted by Gasteiger charge is 2.13. The molecule has 27 heavy (non-hydrogen) atoms. The van der Waals surface area contributed by atoms with Gasteiger partial charge in [-0.05, 0) is 40.8 Å². The molecule has 0 aliphatic carbocycles. The summed E-state index contributed by atoms with van der Waals surface area (Å²) >= 11 is 0. The molecule has 0 radical (unpaired) electrons. The van der Waals surface area contributed by atoms with Crippen LogP contribution in [0.5, 0.6) is 11.5 Å². The third-order valence-electron chi connectivity index (χ3n) is 4.04. The molecule has 6 nitrogen and oxygen atoms in total. The van der Waals surface area contributed by atoms with E-state index < -0.39 is 0 Å². The predicted octanol–water partition coefficient (Wildman–Crippen LogP) is 3.69. The Bertz CT molecular complexity index is 752. The number of rotatable bonds is 7. The van der Waals surface area contributed by atoms with Crippen molar-refractivity contribution in [3.05, 3.63) is 53.6 Å². The van der Waals surface area contributed by atoms with Gasteiger partial charge in [0.25, 0.3) is 0 Å². The van der Waals surface area contributed by atoms with Gasteiger partial charge in [-0.1, -0.05) is 39.0 Å². The number of benzene rings is 2. The van der Waals surface area contributed by atoms with Crippen molar-refractivity contribution in [2.24, 2.45) is 0 Å². The summed E-state index contributed by atoms with van der Waals surface area (Å²) in [6.07, 6.45) is 0. The van der Waals surface area contributed by atoms with Gasteiger partial charge in [0.05, 0.1) is 13.7 Å². The number of carbonyl (C=O) groups excluding carboxylic acids is 1. The summed E-state index contributed by atoms with van der Waals surface area (Å²) in [5.41, 5.74) is 2.91. The van der Waals surface area contributed by atoms with Crippen LogP contribution >= 0.6 is 0 Å². The summed E-state index contributed by atoms with van der Waals surface area (Å²) in [5.74, 6) is 1.11. The van der Waals surface area contributed by atoms with Crippen molar-refractivity contribution >= 4 is 11.7 Å². The number of hydrogen-bond acceptors (Lipinski definition) is 4. The molecule has 0 aliphatic heterocycles. The van der Waals surface area contributed by atoms with E-state index in [9.17, 15) is 4.79 Å². The number of methoxy groups -OCH3 is 1. The molecular weight excluding hydrogens is 344 g/mol. The number of nitrogens with one attached hydrogen (secondary N) is 2. The van der Waals surface area contributed by atoms with E-state index in [0.29, 0.717) is 18.0 Å². The van der Waals surface area contributed by atoms with E-state index in [0.717, 1.165) is 11.3 Å². The number of aliphatic hydroxyl groups is 1. The minimum Gasteiger partial charge on any atom is -0.493 e. The van der Waals surface area contributed by atoms with Gasteiger partial charge in [-0.25, -0.2) is 4.79 Å². The standard InChI is InChI=1S/C21H28N2O4/c1-21(2,3)16-6-8-17(9-7-16)23-20(25)22-14-15-5-10-18(27-12-11-24)19(13-15)26-4/h5-10,13,24H,11-12,14H2,1-4H3,(H2,22,23,25). The molecule has 2 aromatic carbocycles. The van der Waals surface area contributed by atoms with Gasteiger partial charge in [0.1, 0.15) is 6.61 Å². The van der Waals surface area contributed by atoms with Gasteiger partial charge in [-0.15, -0.1) is 0 Å². The lowest BCUT2D eigenvalue weighted by Gasteiger charge is -2.19. The molecule has 0 unspecified atom stereocenters. The molecule has 0 saturated carbocycles. The highest BCUT2D eigenvalue weighted by atomic mass is 16.5. The average molecular weight is 372 g/mol. The summed E-state index contributed by atoms with van der Waals surface area (Å²) in [6, 6.07) is 13.0. The van der Waals surface area contributed by atoms with Crippen molar-refractivity contribution < 1.29 is 19.4 Å². The zero-order chi connectivity index (χ0) is 19.9. The first-order chi connectivity index (χ1) is 12.8. The quantitative estimate of drug-likeness (QED) is 0.693. The third kappa shape index (κ3) is 6.18. The van der Waals surface area contributed by atoms with Gasteiger partial charge in [0, 0.05) is 12.2 Å². The highest BCUT2D eigenvalue weighted by Crippen LogP contribution is 2.28. The van der Waals surface area contributed by atoms with Crippen LogP contribution in [0.3, 0.4) is 0 Å². The van der Waals surface area contributed by atoms with E-state index in [1.807, 2.05) is 30.3 Å². The number of aliphatic hydroxyl groups excluding tert-OH is 1. The third-order valence-corrected chi connectivity index (χ3v) is 4.04. The Kier molecular flexibility index (Phi) is 7.07. The van der Waals surface area contributed by atoms with Crippen molar-refractivity contribution in [1.29, 1.82) is 0 Å². The largest absolute Gasteiger partial charge is 0.493 e. The van der Waals surface area contributed by atoms with Crippen LogP contribution in [0.1, 0.15) is 31.9 Å². The van der Waals surface area contributed by atoms with E-state index >= 15 is 0 Å². The lowest BCUT2D eigenvalue weighted by molar-refractivity contribution is 0.196. The van der Waals surface area contributed by atoms with Crippen molar-refractivity contribution in [1.82, 2.24) is 5.32 Å². The first kappa shape index (κ1) is 20.6. The van der Waals surface area contributed by atoms with Gasteiger partial charge in [0.15, 0.2) is 11.5 Å². The molecule has 0 atom stereocenters. The van der Waals surface area contributed by atoms with E-state index in [2.05, 4.69) is 31.4 Å². The number of urea groups is 1. The maximum Gasteiger partial charge on any atom is 0.319 e. The fourth-order valence-electron chi connectivity index (χ4n) is 2.51. The molecule has 0 heterocycles. The summed E-state index contributed by atoms with van der Waals surface area (Å²) in [4.78, 5) is 12.1. The second kappa shape index (κ2) is 9.28. The Morgan fingerprint density at radius 3 is 2.37 bits per heavy atom. The molecule has 0 aliphatic rings. The van der Waals surface area contributed by atoms with Crippen LogP contribution in [0.2, 0.25) is 0 Å². The lowest BCUT2D eigenvalue weighted by atomic mass is 9.87. The summed E-state index contributed by atoms with van der Waals surface area (Å²) < 4.78 is 10.7. The summed E-state index contributed by atoms with van der Waals surface area (Å²) in [6.45, 7) is 6.93. The van der Waals surface area contributed by atoms with E-state index in [1.165, 1.54) is 5.56 Å². The molecule has 0 bridgehead atoms. The molecule has 2 amide bonds. The monoisotopic (exact) mass is 372 g/mol. The maximum absolute atomic E-state index is 12.1. The molecule has 0 spiro atoms. The number of amides is 2. The van der Waals surface area contributed by atoms with Crippen molar-refractivity contribution in [2.45, 2.75) is 32.7 Å². The first-order valence-corrected chi connectivity index (χ1v) is 8.89. The molecule has 0 saturated heterocycles. The van der Waals surface area contributed by atoms with Gasteiger partial charge < -0.3 is 25.2 Å². The van der Waals surface area contributed by atoms with Crippen LogP contribution in [0.15, 0.2) is 42.5 Å². The van der Waals surface area contributed by atoms with Crippen molar-refractivity contribution in [3.63, 3.8) is 0 Å². The topological polar surface area (TPSA) is 79.8 Å². The fourth-order valence-corrected chi connectivity index (χ4v) is 2.51. The van der Waals surface area contributed by atoms with Crippen LogP contribution < -0.4 is 20.1 Å². The second-order valence-corrected chi connectivity index (χ2v) is 7.19. The summed E-state index contributed by atoms with van der Waals surface area (Å²) in [5, 5.41) is 14.5. The zero-order valence-electron chi connectivity index (χ0n) is 16.3. The highest BCUT2D eigenvalue weighted by molar-refractivity contribution is 5.89. The van der Waals surface area contributed by atoms with Crippen LogP contribution in [0.4, 0.5) is 10.5 Å². The zero-order valence-corrected chi connectivity index (χ0v) is 16.3.